The molecule has 1 unspecified atom stereocenters. The van der Waals surface area contributed by atoms with Gasteiger partial charge in [-0.3, -0.25) is 0 Å². The summed E-state index contributed by atoms with van der Waals surface area (Å²) < 4.78 is 47.3. The van der Waals surface area contributed by atoms with E-state index in [9.17, 15) is 16.8 Å². The van der Waals surface area contributed by atoms with E-state index in [0.717, 1.165) is 19.1 Å². The normalized spacial score (nSPS) is 17.9. The summed E-state index contributed by atoms with van der Waals surface area (Å²) in [6.45, 7) is 0. The van der Waals surface area contributed by atoms with E-state index in [-0.39, 0.29) is 21.6 Å². The molecule has 20 heavy (non-hydrogen) atoms. The summed E-state index contributed by atoms with van der Waals surface area (Å²) in [4.78, 5) is 0.301. The third kappa shape index (κ3) is 3.59. The number of sulfone groups is 2. The van der Waals surface area contributed by atoms with E-state index in [2.05, 4.69) is 5.32 Å². The van der Waals surface area contributed by atoms with Gasteiger partial charge in [-0.1, -0.05) is 0 Å². The van der Waals surface area contributed by atoms with Crippen LogP contribution in [0.5, 0.6) is 0 Å². The van der Waals surface area contributed by atoms with E-state index in [0.29, 0.717) is 5.92 Å². The second-order valence-corrected chi connectivity index (χ2v) is 9.31. The molecule has 0 bridgehead atoms. The first-order chi connectivity index (χ1) is 9.24. The second-order valence-electron chi connectivity index (χ2n) is 5.26. The fourth-order valence-electron chi connectivity index (χ4n) is 2.18. The lowest BCUT2D eigenvalue weighted by Gasteiger charge is -2.15. The average Bonchev–Trinajstić information content (AvgIpc) is 3.19. The van der Waals surface area contributed by atoms with Crippen LogP contribution in [0.2, 0.25) is 0 Å². The zero-order chi connectivity index (χ0) is 15.0. The van der Waals surface area contributed by atoms with Gasteiger partial charge in [-0.15, -0.1) is 0 Å². The van der Waals surface area contributed by atoms with Crippen LogP contribution in [0.4, 0.5) is 0 Å². The molecular weight excluding hydrogens is 298 g/mol. The lowest BCUT2D eigenvalue weighted by Crippen LogP contribution is -2.34. The van der Waals surface area contributed by atoms with Crippen LogP contribution in [-0.4, -0.2) is 41.9 Å². The van der Waals surface area contributed by atoms with Crippen LogP contribution in [0.15, 0.2) is 34.1 Å². The van der Waals surface area contributed by atoms with Crippen LogP contribution in [0, 0.1) is 5.92 Å². The molecular formula is C13H19NO4S2. The molecule has 1 aliphatic carbocycles. The standard InChI is InChI=1S/C13H19NO4S2/c1-14-13(10-3-4-10)9-20(17,18)12-7-5-11(6-8-12)19(2,15)16/h5-8,10,13-14H,3-4,9H2,1-2H3. The number of nitrogens with one attached hydrogen (secondary N) is 1. The van der Waals surface area contributed by atoms with Crippen LogP contribution in [0.1, 0.15) is 12.8 Å². The van der Waals surface area contributed by atoms with Crippen LogP contribution in [0.3, 0.4) is 0 Å². The van der Waals surface area contributed by atoms with Crippen molar-refractivity contribution >= 4 is 19.7 Å². The van der Waals surface area contributed by atoms with Crippen molar-refractivity contribution in [3.63, 3.8) is 0 Å². The van der Waals surface area contributed by atoms with Gasteiger partial charge in [0, 0.05) is 12.3 Å². The highest BCUT2D eigenvalue weighted by atomic mass is 32.2. The summed E-state index contributed by atoms with van der Waals surface area (Å²) in [6, 6.07) is 5.38. The maximum atomic E-state index is 12.3. The third-order valence-corrected chi connectivity index (χ3v) is 6.49. The van der Waals surface area contributed by atoms with Crippen LogP contribution in [0.25, 0.3) is 0 Å². The van der Waals surface area contributed by atoms with Gasteiger partial charge in [0.1, 0.15) is 0 Å². The Bertz CT molecular complexity index is 674. The molecule has 1 aromatic carbocycles. The van der Waals surface area contributed by atoms with Gasteiger partial charge in [-0.05, 0) is 50.1 Å². The zero-order valence-corrected chi connectivity index (χ0v) is 13.2. The average molecular weight is 317 g/mol. The summed E-state index contributed by atoms with van der Waals surface area (Å²) in [6.07, 6.45) is 3.22. The number of rotatable bonds is 6. The quantitative estimate of drug-likeness (QED) is 0.842. The van der Waals surface area contributed by atoms with Gasteiger partial charge < -0.3 is 5.32 Å². The first kappa shape index (κ1) is 15.5. The SMILES string of the molecule is CNC(CS(=O)(=O)c1ccc(S(C)(=O)=O)cc1)C1CC1. The minimum atomic E-state index is -3.40. The molecule has 1 fully saturated rings. The van der Waals surface area contributed by atoms with Crippen molar-refractivity contribution in [1.29, 1.82) is 0 Å². The molecule has 0 radical (unpaired) electrons. The molecule has 1 aliphatic rings. The molecule has 0 amide bonds. The van der Waals surface area contributed by atoms with Gasteiger partial charge in [0.25, 0.3) is 0 Å². The van der Waals surface area contributed by atoms with Crippen molar-refractivity contribution in [3.05, 3.63) is 24.3 Å². The maximum absolute atomic E-state index is 12.3. The van der Waals surface area contributed by atoms with Crippen molar-refractivity contribution < 1.29 is 16.8 Å². The molecule has 1 aromatic rings. The predicted octanol–water partition coefficient (Wildman–Crippen LogP) is 0.862. The molecule has 0 aromatic heterocycles. The largest absolute Gasteiger partial charge is 0.316 e. The topological polar surface area (TPSA) is 80.3 Å². The van der Waals surface area contributed by atoms with Crippen molar-refractivity contribution in [2.45, 2.75) is 28.7 Å². The molecule has 0 aliphatic heterocycles. The summed E-state index contributed by atoms with van der Waals surface area (Å²) in [5.41, 5.74) is 0. The van der Waals surface area contributed by atoms with Gasteiger partial charge in [-0.2, -0.15) is 0 Å². The summed E-state index contributed by atoms with van der Waals surface area (Å²) >= 11 is 0. The first-order valence-electron chi connectivity index (χ1n) is 6.44. The Kier molecular flexibility index (Phi) is 4.22. The smallest absolute Gasteiger partial charge is 0.179 e. The van der Waals surface area contributed by atoms with Crippen molar-refractivity contribution in [2.24, 2.45) is 5.92 Å². The van der Waals surface area contributed by atoms with Gasteiger partial charge in [-0.25, -0.2) is 16.8 Å². The van der Waals surface area contributed by atoms with Crippen LogP contribution < -0.4 is 5.32 Å². The van der Waals surface area contributed by atoms with E-state index in [1.165, 1.54) is 24.3 Å². The summed E-state index contributed by atoms with van der Waals surface area (Å²) in [5, 5.41) is 3.05. The third-order valence-electron chi connectivity index (χ3n) is 3.57. The molecule has 1 saturated carbocycles. The lowest BCUT2D eigenvalue weighted by molar-refractivity contribution is 0.527. The molecule has 7 heteroatoms. The Balaban J connectivity index is 2.21. The molecule has 0 heterocycles. The highest BCUT2D eigenvalue weighted by Crippen LogP contribution is 2.33. The van der Waals surface area contributed by atoms with Gasteiger partial charge in [0.05, 0.1) is 15.5 Å². The van der Waals surface area contributed by atoms with Crippen molar-refractivity contribution in [1.82, 2.24) is 5.32 Å². The number of benzene rings is 1. The molecule has 5 nitrogen and oxygen atoms in total. The van der Waals surface area contributed by atoms with Gasteiger partial charge >= 0.3 is 0 Å². The Hall–Kier alpha value is -0.920. The maximum Gasteiger partial charge on any atom is 0.179 e. The predicted molar refractivity (Wildman–Crippen MR) is 77.2 cm³/mol. The minimum absolute atomic E-state index is 0.0328. The lowest BCUT2D eigenvalue weighted by atomic mass is 10.2. The van der Waals surface area contributed by atoms with E-state index < -0.39 is 19.7 Å². The minimum Gasteiger partial charge on any atom is -0.316 e. The summed E-state index contributed by atoms with van der Waals surface area (Å²) in [7, 11) is -4.93. The molecule has 112 valence electrons. The fourth-order valence-corrected chi connectivity index (χ4v) is 4.47. The van der Waals surface area contributed by atoms with Crippen molar-refractivity contribution in [3.8, 4) is 0 Å². The van der Waals surface area contributed by atoms with E-state index in [4.69, 9.17) is 0 Å². The van der Waals surface area contributed by atoms with Crippen molar-refractivity contribution in [2.75, 3.05) is 19.1 Å². The molecule has 1 atom stereocenters. The van der Waals surface area contributed by atoms with Gasteiger partial charge in [0.15, 0.2) is 19.7 Å². The molecule has 1 N–H and O–H groups in total. The van der Waals surface area contributed by atoms with E-state index in [1.54, 1.807) is 7.05 Å². The molecule has 2 rings (SSSR count). The first-order valence-corrected chi connectivity index (χ1v) is 9.98. The van der Waals surface area contributed by atoms with Crippen LogP contribution >= 0.6 is 0 Å². The highest BCUT2D eigenvalue weighted by Gasteiger charge is 2.33. The fraction of sp³-hybridized carbons (Fsp3) is 0.538. The van der Waals surface area contributed by atoms with Gasteiger partial charge in [0.2, 0.25) is 0 Å². The second kappa shape index (κ2) is 5.46. The zero-order valence-electron chi connectivity index (χ0n) is 11.5. The van der Waals surface area contributed by atoms with Crippen LogP contribution in [-0.2, 0) is 19.7 Å². The Labute approximate surface area is 120 Å². The van der Waals surface area contributed by atoms with E-state index >= 15 is 0 Å². The molecule has 0 saturated heterocycles. The molecule has 0 spiro atoms. The Morgan fingerprint density at radius 1 is 1.10 bits per heavy atom. The summed E-state index contributed by atoms with van der Waals surface area (Å²) in [5.74, 6) is 0.483. The number of hydrogen-bond acceptors (Lipinski definition) is 5. The Morgan fingerprint density at radius 2 is 1.60 bits per heavy atom. The Morgan fingerprint density at radius 3 is 2.00 bits per heavy atom. The highest BCUT2D eigenvalue weighted by molar-refractivity contribution is 7.91. The monoisotopic (exact) mass is 317 g/mol. The number of hydrogen-bond donors (Lipinski definition) is 1. The van der Waals surface area contributed by atoms with E-state index in [1.807, 2.05) is 0 Å².